The summed E-state index contributed by atoms with van der Waals surface area (Å²) in [5.74, 6) is 1.39. The summed E-state index contributed by atoms with van der Waals surface area (Å²) < 4.78 is 33.0. The topological polar surface area (TPSA) is 91.4 Å². The van der Waals surface area contributed by atoms with E-state index >= 15 is 0 Å². The third-order valence-corrected chi connectivity index (χ3v) is 9.43. The Balaban J connectivity index is 1.16. The molecule has 1 N–H and O–H groups in total. The number of fused-ring (bicyclic) bond motifs is 1. The van der Waals surface area contributed by atoms with E-state index in [-0.39, 0.29) is 17.1 Å². The van der Waals surface area contributed by atoms with E-state index in [9.17, 15) is 8.42 Å². The smallest absolute Gasteiger partial charge is 0.214 e. The molecule has 3 aliphatic rings. The molecule has 2 aliphatic carbocycles. The van der Waals surface area contributed by atoms with Gasteiger partial charge < -0.3 is 14.6 Å². The number of H-pyrrole nitrogens is 1. The molecule has 0 aromatic carbocycles. The lowest BCUT2D eigenvalue weighted by Gasteiger charge is -2.42. The number of aromatic amines is 1. The van der Waals surface area contributed by atoms with E-state index < -0.39 is 10.0 Å². The third kappa shape index (κ3) is 3.33. The molecule has 1 aliphatic heterocycles. The fraction of sp³-hybridized carbons (Fsp3) is 0.700. The molecule has 8 nitrogen and oxygen atoms in total. The van der Waals surface area contributed by atoms with Crippen molar-refractivity contribution in [3.8, 4) is 0 Å². The first kappa shape index (κ1) is 19.3. The SMILES string of the molecule is COC1CC12CCN(S(=O)(=O)C[C@H]1C[C@@H](N(C)c3ncnc4[nH]ccc34)C1)CC2. The maximum atomic E-state index is 12.9. The molecule has 29 heavy (non-hydrogen) atoms. The largest absolute Gasteiger partial charge is 0.381 e. The van der Waals surface area contributed by atoms with Crippen LogP contribution in [0.3, 0.4) is 0 Å². The van der Waals surface area contributed by atoms with Gasteiger partial charge in [0.15, 0.2) is 0 Å². The minimum Gasteiger partial charge on any atom is -0.381 e. The highest BCUT2D eigenvalue weighted by Gasteiger charge is 2.56. The van der Waals surface area contributed by atoms with Crippen LogP contribution < -0.4 is 4.90 Å². The summed E-state index contributed by atoms with van der Waals surface area (Å²) in [7, 11) is 0.611. The Morgan fingerprint density at radius 2 is 2.07 bits per heavy atom. The fourth-order valence-corrected chi connectivity index (χ4v) is 7.07. The van der Waals surface area contributed by atoms with E-state index in [2.05, 4.69) is 19.9 Å². The molecule has 158 valence electrons. The number of piperidine rings is 1. The Morgan fingerprint density at radius 3 is 2.76 bits per heavy atom. The van der Waals surface area contributed by atoms with E-state index in [1.165, 1.54) is 0 Å². The molecular formula is C20H29N5O3S. The van der Waals surface area contributed by atoms with Crippen molar-refractivity contribution in [2.45, 2.75) is 44.2 Å². The average molecular weight is 420 g/mol. The maximum absolute atomic E-state index is 12.9. The lowest BCUT2D eigenvalue weighted by molar-refractivity contribution is 0.117. The van der Waals surface area contributed by atoms with E-state index in [0.717, 1.165) is 49.0 Å². The van der Waals surface area contributed by atoms with Gasteiger partial charge in [0.25, 0.3) is 0 Å². The number of nitrogens with zero attached hydrogens (tertiary/aromatic N) is 4. The molecule has 0 amide bonds. The molecule has 2 aromatic heterocycles. The van der Waals surface area contributed by atoms with Crippen LogP contribution in [0.1, 0.15) is 32.1 Å². The predicted octanol–water partition coefficient (Wildman–Crippen LogP) is 2.00. The molecule has 5 rings (SSSR count). The Kier molecular flexibility index (Phi) is 4.60. The lowest BCUT2D eigenvalue weighted by atomic mass is 9.81. The Morgan fingerprint density at radius 1 is 1.31 bits per heavy atom. The second kappa shape index (κ2) is 6.92. The normalized spacial score (nSPS) is 29.1. The van der Waals surface area contributed by atoms with Gasteiger partial charge in [0.05, 0.1) is 17.2 Å². The predicted molar refractivity (Wildman–Crippen MR) is 111 cm³/mol. The molecule has 0 bridgehead atoms. The summed E-state index contributed by atoms with van der Waals surface area (Å²) in [5, 5.41) is 1.00. The Hall–Kier alpha value is -1.71. The van der Waals surface area contributed by atoms with Gasteiger partial charge in [0.2, 0.25) is 10.0 Å². The highest BCUT2D eigenvalue weighted by molar-refractivity contribution is 7.89. The lowest BCUT2D eigenvalue weighted by Crippen LogP contribution is -2.48. The molecule has 2 saturated carbocycles. The summed E-state index contributed by atoms with van der Waals surface area (Å²) in [6, 6.07) is 2.31. The summed E-state index contributed by atoms with van der Waals surface area (Å²) >= 11 is 0. The van der Waals surface area contributed by atoms with Crippen LogP contribution in [0.5, 0.6) is 0 Å². The zero-order valence-electron chi connectivity index (χ0n) is 17.0. The average Bonchev–Trinajstić information content (AvgIpc) is 3.13. The Bertz CT molecular complexity index is 992. The van der Waals surface area contributed by atoms with Gasteiger partial charge in [-0.15, -0.1) is 0 Å². The second-order valence-corrected chi connectivity index (χ2v) is 11.0. The van der Waals surface area contributed by atoms with E-state index in [0.29, 0.717) is 25.2 Å². The van der Waals surface area contributed by atoms with Crippen molar-refractivity contribution in [3.63, 3.8) is 0 Å². The summed E-state index contributed by atoms with van der Waals surface area (Å²) in [4.78, 5) is 14.0. The van der Waals surface area contributed by atoms with E-state index in [1.54, 1.807) is 17.7 Å². The van der Waals surface area contributed by atoms with E-state index in [1.807, 2.05) is 19.3 Å². The maximum Gasteiger partial charge on any atom is 0.214 e. The van der Waals surface area contributed by atoms with Crippen molar-refractivity contribution < 1.29 is 13.2 Å². The number of rotatable bonds is 6. The van der Waals surface area contributed by atoms with Crippen molar-refractivity contribution >= 4 is 26.9 Å². The van der Waals surface area contributed by atoms with Gasteiger partial charge in [0.1, 0.15) is 17.8 Å². The number of hydrogen-bond donors (Lipinski definition) is 1. The van der Waals surface area contributed by atoms with Crippen LogP contribution in [0.15, 0.2) is 18.6 Å². The molecular weight excluding hydrogens is 390 g/mol. The highest BCUT2D eigenvalue weighted by Crippen LogP contribution is 2.55. The summed E-state index contributed by atoms with van der Waals surface area (Å²) in [6.45, 7) is 1.29. The number of nitrogens with one attached hydrogen (secondary N) is 1. The van der Waals surface area contributed by atoms with Crippen LogP contribution in [0.25, 0.3) is 11.0 Å². The number of anilines is 1. The molecule has 3 heterocycles. The van der Waals surface area contributed by atoms with Crippen molar-refractivity contribution in [3.05, 3.63) is 18.6 Å². The van der Waals surface area contributed by atoms with Crippen molar-refractivity contribution in [1.82, 2.24) is 19.3 Å². The van der Waals surface area contributed by atoms with Gasteiger partial charge in [0, 0.05) is 44.9 Å². The zero-order valence-corrected chi connectivity index (χ0v) is 17.9. The summed E-state index contributed by atoms with van der Waals surface area (Å²) in [5.41, 5.74) is 1.08. The van der Waals surface area contributed by atoms with Gasteiger partial charge in [-0.1, -0.05) is 0 Å². The second-order valence-electron chi connectivity index (χ2n) is 9.01. The first-order valence-electron chi connectivity index (χ1n) is 10.4. The molecule has 1 saturated heterocycles. The quantitative estimate of drug-likeness (QED) is 0.770. The minimum absolute atomic E-state index is 0.222. The first-order valence-corrected chi connectivity index (χ1v) is 12.0. The summed E-state index contributed by atoms with van der Waals surface area (Å²) in [6.07, 6.45) is 8.50. The zero-order chi connectivity index (χ0) is 20.2. The van der Waals surface area contributed by atoms with Gasteiger partial charge >= 0.3 is 0 Å². The van der Waals surface area contributed by atoms with Gasteiger partial charge in [-0.05, 0) is 44.1 Å². The van der Waals surface area contributed by atoms with Gasteiger partial charge in [-0.25, -0.2) is 22.7 Å². The van der Waals surface area contributed by atoms with Crippen LogP contribution in [0.2, 0.25) is 0 Å². The molecule has 0 radical (unpaired) electrons. The molecule has 1 atom stereocenters. The fourth-order valence-electron chi connectivity index (χ4n) is 5.25. The number of sulfonamides is 1. The molecule has 3 fully saturated rings. The van der Waals surface area contributed by atoms with Crippen LogP contribution >= 0.6 is 0 Å². The standard InChI is InChI=1S/C20H29N5O3S/c1-24(19-16-3-6-21-18(16)22-13-23-19)15-9-14(10-15)12-29(26,27)25-7-4-20(5-8-25)11-17(20)28-2/h3,6,13-15,17H,4-5,7-12H2,1-2H3,(H,21,22,23)/t14-,15+,17?. The van der Waals surface area contributed by atoms with Crippen LogP contribution in [-0.4, -0.2) is 72.8 Å². The van der Waals surface area contributed by atoms with Crippen LogP contribution in [-0.2, 0) is 14.8 Å². The van der Waals surface area contributed by atoms with E-state index in [4.69, 9.17) is 4.74 Å². The molecule has 9 heteroatoms. The molecule has 2 aromatic rings. The number of aromatic nitrogens is 3. The van der Waals surface area contributed by atoms with Crippen molar-refractivity contribution in [2.24, 2.45) is 11.3 Å². The monoisotopic (exact) mass is 419 g/mol. The van der Waals surface area contributed by atoms with Crippen molar-refractivity contribution in [1.29, 1.82) is 0 Å². The first-order chi connectivity index (χ1) is 13.9. The van der Waals surface area contributed by atoms with Crippen LogP contribution in [0, 0.1) is 11.3 Å². The van der Waals surface area contributed by atoms with Crippen molar-refractivity contribution in [2.75, 3.05) is 37.9 Å². The molecule has 1 unspecified atom stereocenters. The van der Waals surface area contributed by atoms with Gasteiger partial charge in [-0.3, -0.25) is 0 Å². The highest BCUT2D eigenvalue weighted by atomic mass is 32.2. The molecule has 1 spiro atoms. The van der Waals surface area contributed by atoms with Gasteiger partial charge in [-0.2, -0.15) is 0 Å². The number of ether oxygens (including phenoxy) is 1. The third-order valence-electron chi connectivity index (χ3n) is 7.38. The number of hydrogen-bond acceptors (Lipinski definition) is 6. The minimum atomic E-state index is -3.19. The Labute approximate surface area is 171 Å². The number of methoxy groups -OCH3 is 1. The van der Waals surface area contributed by atoms with Crippen LogP contribution in [0.4, 0.5) is 5.82 Å².